The Labute approximate surface area is 178 Å². The molecule has 1 amide bonds. The average molecular weight is 451 g/mol. The highest BCUT2D eigenvalue weighted by molar-refractivity contribution is 7.92. The summed E-state index contributed by atoms with van der Waals surface area (Å²) < 4.78 is 66.1. The van der Waals surface area contributed by atoms with Crippen LogP contribution in [0.25, 0.3) is 0 Å². The highest BCUT2D eigenvalue weighted by atomic mass is 32.2. The molecule has 6 nitrogen and oxygen atoms in total. The van der Waals surface area contributed by atoms with Gasteiger partial charge in [-0.05, 0) is 49.2 Å². The zero-order chi connectivity index (χ0) is 22.7. The van der Waals surface area contributed by atoms with Crippen molar-refractivity contribution in [3.05, 3.63) is 54.1 Å². The van der Waals surface area contributed by atoms with Crippen LogP contribution < -0.4 is 10.0 Å². The van der Waals surface area contributed by atoms with E-state index in [0.717, 1.165) is 31.4 Å². The molecule has 0 aromatic heterocycles. The fourth-order valence-corrected chi connectivity index (χ4v) is 4.60. The second-order valence-electron chi connectivity index (χ2n) is 7.42. The lowest BCUT2D eigenvalue weighted by Crippen LogP contribution is -2.36. The smallest absolute Gasteiger partial charge is 0.325 e. The molecule has 0 bridgehead atoms. The molecular formula is C21H20F3N3O3S. The maximum atomic E-state index is 12.9. The zero-order valence-corrected chi connectivity index (χ0v) is 17.2. The van der Waals surface area contributed by atoms with E-state index in [-0.39, 0.29) is 16.3 Å². The standard InChI is InChI=1S/C21H20F3N3O3S/c22-21(23,24)15-6-4-8-17(12-15)27-31(29,30)18-9-5-7-16(13-18)26-19(28)20(14-25)10-2-1-3-11-20/h4-9,12-13,27H,1-3,10-11H2,(H,26,28). The molecule has 0 atom stereocenters. The van der Waals surface area contributed by atoms with E-state index >= 15 is 0 Å². The Bertz CT molecular complexity index is 1120. The van der Waals surface area contributed by atoms with Gasteiger partial charge in [-0.3, -0.25) is 9.52 Å². The van der Waals surface area contributed by atoms with Crippen molar-refractivity contribution in [3.8, 4) is 6.07 Å². The molecule has 0 spiro atoms. The summed E-state index contributed by atoms with van der Waals surface area (Å²) in [6, 6.07) is 11.3. The van der Waals surface area contributed by atoms with Crippen LogP contribution in [0.5, 0.6) is 0 Å². The number of hydrogen-bond donors (Lipinski definition) is 2. The van der Waals surface area contributed by atoms with Gasteiger partial charge < -0.3 is 5.32 Å². The van der Waals surface area contributed by atoms with Crippen molar-refractivity contribution in [3.63, 3.8) is 0 Å². The average Bonchev–Trinajstić information content (AvgIpc) is 2.73. The first kappa shape index (κ1) is 22.6. The first-order chi connectivity index (χ1) is 14.6. The number of rotatable bonds is 5. The van der Waals surface area contributed by atoms with Gasteiger partial charge in [-0.15, -0.1) is 0 Å². The summed E-state index contributed by atoms with van der Waals surface area (Å²) in [6.07, 6.45) is -1.27. The molecule has 2 aromatic carbocycles. The van der Waals surface area contributed by atoms with Gasteiger partial charge >= 0.3 is 6.18 Å². The van der Waals surface area contributed by atoms with E-state index in [2.05, 4.69) is 16.1 Å². The third-order valence-corrected chi connectivity index (χ3v) is 6.58. The maximum absolute atomic E-state index is 12.9. The molecule has 1 saturated carbocycles. The summed E-state index contributed by atoms with van der Waals surface area (Å²) in [5.41, 5.74) is -2.20. The Kier molecular flexibility index (Phi) is 6.27. The first-order valence-electron chi connectivity index (χ1n) is 9.59. The molecule has 164 valence electrons. The highest BCUT2D eigenvalue weighted by Crippen LogP contribution is 2.37. The molecule has 0 aliphatic heterocycles. The molecule has 2 N–H and O–H groups in total. The molecule has 0 unspecified atom stereocenters. The molecule has 10 heteroatoms. The van der Waals surface area contributed by atoms with Crippen molar-refractivity contribution in [2.75, 3.05) is 10.0 Å². The van der Waals surface area contributed by atoms with E-state index < -0.39 is 33.1 Å². The van der Waals surface area contributed by atoms with Crippen molar-refractivity contribution < 1.29 is 26.4 Å². The monoisotopic (exact) mass is 451 g/mol. The van der Waals surface area contributed by atoms with Gasteiger partial charge in [0.15, 0.2) is 0 Å². The normalized spacial score (nSPS) is 16.2. The Morgan fingerprint density at radius 3 is 2.29 bits per heavy atom. The van der Waals surface area contributed by atoms with E-state index in [0.29, 0.717) is 18.9 Å². The molecule has 0 radical (unpaired) electrons. The van der Waals surface area contributed by atoms with Gasteiger partial charge in [0, 0.05) is 11.4 Å². The molecule has 1 fully saturated rings. The fraction of sp³-hybridized carbons (Fsp3) is 0.333. The number of nitrogens with one attached hydrogen (secondary N) is 2. The Morgan fingerprint density at radius 2 is 1.65 bits per heavy atom. The van der Waals surface area contributed by atoms with Crippen LogP contribution in [0.2, 0.25) is 0 Å². The van der Waals surface area contributed by atoms with Gasteiger partial charge in [-0.25, -0.2) is 8.42 Å². The van der Waals surface area contributed by atoms with Crippen LogP contribution in [0.1, 0.15) is 37.7 Å². The minimum atomic E-state index is -4.61. The predicted molar refractivity (Wildman–Crippen MR) is 108 cm³/mol. The molecule has 31 heavy (non-hydrogen) atoms. The van der Waals surface area contributed by atoms with Crippen molar-refractivity contribution in [1.82, 2.24) is 0 Å². The van der Waals surface area contributed by atoms with Gasteiger partial charge in [0.25, 0.3) is 10.0 Å². The van der Waals surface area contributed by atoms with Crippen LogP contribution in [-0.2, 0) is 21.0 Å². The second-order valence-corrected chi connectivity index (χ2v) is 9.10. The fourth-order valence-electron chi connectivity index (χ4n) is 3.51. The Morgan fingerprint density at radius 1 is 1.00 bits per heavy atom. The summed E-state index contributed by atoms with van der Waals surface area (Å²) >= 11 is 0. The van der Waals surface area contributed by atoms with Crippen LogP contribution in [0.4, 0.5) is 24.5 Å². The molecular weight excluding hydrogens is 431 g/mol. The van der Waals surface area contributed by atoms with Gasteiger partial charge in [0.2, 0.25) is 5.91 Å². The summed E-state index contributed by atoms with van der Waals surface area (Å²) in [5, 5.41) is 12.1. The summed E-state index contributed by atoms with van der Waals surface area (Å²) in [6.45, 7) is 0. The number of hydrogen-bond acceptors (Lipinski definition) is 4. The van der Waals surface area contributed by atoms with Crippen molar-refractivity contribution in [1.29, 1.82) is 5.26 Å². The molecule has 1 aliphatic carbocycles. The van der Waals surface area contributed by atoms with Gasteiger partial charge in [0.1, 0.15) is 5.41 Å². The lowest BCUT2D eigenvalue weighted by atomic mass is 9.74. The number of sulfonamides is 1. The van der Waals surface area contributed by atoms with E-state index in [4.69, 9.17) is 0 Å². The number of benzene rings is 2. The van der Waals surface area contributed by atoms with Crippen LogP contribution in [0.3, 0.4) is 0 Å². The number of amides is 1. The Hall–Kier alpha value is -3.06. The molecule has 1 aliphatic rings. The largest absolute Gasteiger partial charge is 0.416 e. The van der Waals surface area contributed by atoms with E-state index in [1.54, 1.807) is 0 Å². The lowest BCUT2D eigenvalue weighted by molar-refractivity contribution is -0.137. The van der Waals surface area contributed by atoms with Crippen LogP contribution in [0, 0.1) is 16.7 Å². The number of nitrogens with zero attached hydrogens (tertiary/aromatic N) is 1. The summed E-state index contributed by atoms with van der Waals surface area (Å²) in [5.74, 6) is -0.491. The van der Waals surface area contributed by atoms with Crippen LogP contribution in [0.15, 0.2) is 53.4 Å². The minimum Gasteiger partial charge on any atom is -0.325 e. The number of nitriles is 1. The SMILES string of the molecule is N#CC1(C(=O)Nc2cccc(S(=O)(=O)Nc3cccc(C(F)(F)F)c3)c2)CCCCC1. The predicted octanol–water partition coefficient (Wildman–Crippen LogP) is 4.92. The topological polar surface area (TPSA) is 99.1 Å². The van der Waals surface area contributed by atoms with Crippen molar-refractivity contribution >= 4 is 27.3 Å². The van der Waals surface area contributed by atoms with Crippen LogP contribution >= 0.6 is 0 Å². The highest BCUT2D eigenvalue weighted by Gasteiger charge is 2.40. The number of anilines is 2. The minimum absolute atomic E-state index is 0.178. The van der Waals surface area contributed by atoms with Gasteiger partial charge in [-0.2, -0.15) is 18.4 Å². The van der Waals surface area contributed by atoms with E-state index in [1.165, 1.54) is 30.3 Å². The molecule has 3 rings (SSSR count). The summed E-state index contributed by atoms with van der Waals surface area (Å²) in [4.78, 5) is 12.5. The third kappa shape index (κ3) is 5.17. The number of carbonyl (C=O) groups excluding carboxylic acids is 1. The molecule has 2 aromatic rings. The second kappa shape index (κ2) is 8.59. The molecule has 0 heterocycles. The maximum Gasteiger partial charge on any atom is 0.416 e. The third-order valence-electron chi connectivity index (χ3n) is 5.20. The number of carbonyl (C=O) groups is 1. The zero-order valence-electron chi connectivity index (χ0n) is 16.4. The first-order valence-corrected chi connectivity index (χ1v) is 11.1. The number of alkyl halides is 3. The molecule has 0 saturated heterocycles. The summed E-state index contributed by atoms with van der Waals surface area (Å²) in [7, 11) is -4.21. The lowest BCUT2D eigenvalue weighted by Gasteiger charge is -2.29. The van der Waals surface area contributed by atoms with Crippen molar-refractivity contribution in [2.24, 2.45) is 5.41 Å². The van der Waals surface area contributed by atoms with Gasteiger partial charge in [-0.1, -0.05) is 31.4 Å². The van der Waals surface area contributed by atoms with Gasteiger partial charge in [0.05, 0.1) is 16.5 Å². The quantitative estimate of drug-likeness (QED) is 0.674. The Balaban J connectivity index is 1.80. The van der Waals surface area contributed by atoms with E-state index in [1.807, 2.05) is 0 Å². The number of halogens is 3. The van der Waals surface area contributed by atoms with Crippen molar-refractivity contribution in [2.45, 2.75) is 43.2 Å². The van der Waals surface area contributed by atoms with Crippen LogP contribution in [-0.4, -0.2) is 14.3 Å². The van der Waals surface area contributed by atoms with E-state index in [9.17, 15) is 31.6 Å².